The molecule has 594 valence electrons. The number of rotatable bonds is 5. The van der Waals surface area contributed by atoms with Crippen LogP contribution >= 0.6 is 0 Å². The molecule has 8 nitrogen and oxygen atoms in total. The van der Waals surface area contributed by atoms with Crippen molar-refractivity contribution in [2.24, 2.45) is 39.9 Å². The van der Waals surface area contributed by atoms with E-state index in [1.54, 1.807) is 20.8 Å². The second kappa shape index (κ2) is 28.7. The summed E-state index contributed by atoms with van der Waals surface area (Å²) in [6, 6.07) is 63.8. The molecule has 0 N–H and O–H groups in total. The first-order valence-electron chi connectivity index (χ1n) is 47.3. The van der Waals surface area contributed by atoms with Gasteiger partial charge in [-0.1, -0.05) is 200 Å². The zero-order valence-electron chi connectivity index (χ0n) is 80.7. The number of aryl methyl sites for hydroxylation is 5. The van der Waals surface area contributed by atoms with E-state index >= 15 is 0 Å². The van der Waals surface area contributed by atoms with Crippen LogP contribution in [0.15, 0.2) is 197 Å². The molecule has 113 heavy (non-hydrogen) atoms. The maximum atomic E-state index is 9.52. The van der Waals surface area contributed by atoms with E-state index < -0.39 is 54.0 Å². The first kappa shape index (κ1) is 67.8. The summed E-state index contributed by atoms with van der Waals surface area (Å²) >= 11 is 0. The zero-order chi connectivity index (χ0) is 87.9. The third-order valence-corrected chi connectivity index (χ3v) is 29.7. The van der Waals surface area contributed by atoms with Crippen LogP contribution in [-0.2, 0) is 10.8 Å². The number of anilines is 7. The second-order valence-electron chi connectivity index (χ2n) is 38.5. The molecule has 4 bridgehead atoms. The minimum absolute atomic E-state index is 0.116. The maximum Gasteiger partial charge on any atom is 0.158 e. The van der Waals surface area contributed by atoms with Gasteiger partial charge in [0.2, 0.25) is 0 Å². The lowest BCUT2D eigenvalue weighted by Crippen LogP contribution is -2.57. The van der Waals surface area contributed by atoms with Gasteiger partial charge in [-0.25, -0.2) is 4.98 Å². The Morgan fingerprint density at radius 1 is 0.381 bits per heavy atom. The summed E-state index contributed by atoms with van der Waals surface area (Å²) in [5, 5.41) is 4.19. The number of pyridine rings is 1. The van der Waals surface area contributed by atoms with Gasteiger partial charge in [-0.3, -0.25) is 0 Å². The Morgan fingerprint density at radius 3 is 1.34 bits per heavy atom. The van der Waals surface area contributed by atoms with Crippen molar-refractivity contribution >= 4 is 83.8 Å². The van der Waals surface area contributed by atoms with Crippen molar-refractivity contribution in [1.82, 2.24) is 4.98 Å². The van der Waals surface area contributed by atoms with Gasteiger partial charge in [0, 0.05) is 126 Å². The van der Waals surface area contributed by atoms with E-state index in [9.17, 15) is 5.48 Å². The summed E-state index contributed by atoms with van der Waals surface area (Å²) < 4.78 is 92.7. The van der Waals surface area contributed by atoms with Crippen LogP contribution in [-0.4, -0.2) is 51.8 Å². The molecule has 6 unspecified atom stereocenters. The highest BCUT2D eigenvalue weighted by molar-refractivity contribution is 6.11. The first-order chi connectivity index (χ1) is 57.3. The third kappa shape index (κ3) is 13.0. The SMILES string of the molecule is Cc1ccccc1N1c2ccccc2C(C)(C)C1C.Cc1ccccc1N1c2ncccc2C(C)(C)C1C.[2H]C([2H])([2H])C1(C)C(C)N(c2c(C)ccc3c2oc2ccccc23)C(C)(C)C1([2H])[2H].[2H]C1([2H])C2(C3CC4CC(C3)CC2C4)C(C)N(c2ccccc2C)C1(C)C.[2H]C1([2H])C2(CCCCC2)C(C)N(c2c(C)ccc3c2oc2ccccc23)C1(C)C. The van der Waals surface area contributed by atoms with Crippen LogP contribution in [0, 0.1) is 74.5 Å². The molecule has 0 radical (unpaired) electrons. The first-order valence-corrected chi connectivity index (χ1v) is 42.8. The predicted molar refractivity (Wildman–Crippen MR) is 481 cm³/mol. The van der Waals surface area contributed by atoms with E-state index in [1.807, 2.05) is 79.5 Å². The molecule has 5 aliphatic carbocycles. The molecule has 21 rings (SSSR count). The Balaban J connectivity index is 0.000000114. The quantitative estimate of drug-likeness (QED) is 0.169. The molecule has 11 aromatic rings. The second-order valence-corrected chi connectivity index (χ2v) is 38.5. The average molecular weight is 1520 g/mol. The van der Waals surface area contributed by atoms with Gasteiger partial charge in [-0.15, -0.1) is 0 Å². The van der Waals surface area contributed by atoms with Gasteiger partial charge in [0.05, 0.1) is 11.4 Å². The van der Waals surface area contributed by atoms with E-state index in [4.69, 9.17) is 15.7 Å². The van der Waals surface area contributed by atoms with Gasteiger partial charge in [0.1, 0.15) is 17.0 Å². The van der Waals surface area contributed by atoms with Crippen LogP contribution in [0.2, 0.25) is 0 Å². The van der Waals surface area contributed by atoms with Crippen molar-refractivity contribution in [3.63, 3.8) is 0 Å². The molecule has 8 heterocycles. The van der Waals surface area contributed by atoms with Crippen LogP contribution in [0.4, 0.5) is 39.9 Å². The van der Waals surface area contributed by atoms with Gasteiger partial charge >= 0.3 is 0 Å². The van der Waals surface area contributed by atoms with Crippen LogP contribution in [0.5, 0.6) is 0 Å². The third-order valence-electron chi connectivity index (χ3n) is 29.7. The number of hydrogen-bond acceptors (Lipinski definition) is 8. The number of furan rings is 2. The van der Waals surface area contributed by atoms with Gasteiger partial charge in [0.15, 0.2) is 11.2 Å². The van der Waals surface area contributed by atoms with E-state index in [0.717, 1.165) is 104 Å². The van der Waals surface area contributed by atoms with Crippen molar-refractivity contribution in [3.05, 3.63) is 227 Å². The van der Waals surface area contributed by atoms with Gasteiger partial charge in [-0.2, -0.15) is 0 Å². The molecule has 2 spiro atoms. The molecule has 5 aliphatic heterocycles. The Morgan fingerprint density at radius 2 is 0.814 bits per heavy atom. The number of nitrogens with zero attached hydrogens (tertiary/aromatic N) is 6. The summed E-state index contributed by atoms with van der Waals surface area (Å²) in [5.74, 6) is 3.99. The van der Waals surface area contributed by atoms with Crippen molar-refractivity contribution in [2.45, 2.75) is 293 Å². The van der Waals surface area contributed by atoms with E-state index in [2.05, 4.69) is 263 Å². The maximum absolute atomic E-state index is 9.52. The van der Waals surface area contributed by atoms with Crippen LogP contribution in [0.3, 0.4) is 0 Å². The fourth-order valence-corrected chi connectivity index (χ4v) is 23.8. The lowest BCUT2D eigenvalue weighted by molar-refractivity contribution is -0.113. The molecule has 8 fully saturated rings. The summed E-state index contributed by atoms with van der Waals surface area (Å²) in [4.78, 5) is 16.3. The zero-order valence-corrected chi connectivity index (χ0v) is 71.7. The highest BCUT2D eigenvalue weighted by atomic mass is 16.3. The molecule has 0 amide bonds. The molecule has 5 saturated carbocycles. The van der Waals surface area contributed by atoms with Crippen molar-refractivity contribution in [2.75, 3.05) is 24.5 Å². The highest BCUT2D eigenvalue weighted by Crippen LogP contribution is 2.70. The molecular weight excluding hydrogens is 1380 g/mol. The minimum Gasteiger partial charge on any atom is -0.454 e. The predicted octanol–water partition coefficient (Wildman–Crippen LogP) is 28.4. The Kier molecular flexibility index (Phi) is 17.3. The molecule has 3 aromatic heterocycles. The van der Waals surface area contributed by atoms with Gasteiger partial charge in [-0.05, 0) is 291 Å². The summed E-state index contributed by atoms with van der Waals surface area (Å²) in [5.41, 5.74) is 15.1. The average Bonchev–Trinajstić information content (AvgIpc) is 1.49. The Hall–Kier alpha value is -8.49. The Bertz CT molecular complexity index is 5650. The van der Waals surface area contributed by atoms with E-state index in [1.165, 1.54) is 89.1 Å². The number of benzene rings is 8. The largest absolute Gasteiger partial charge is 0.454 e. The number of hydrogen-bond donors (Lipinski definition) is 0. The number of fused-ring (bicyclic) bond motifs is 8. The lowest BCUT2D eigenvalue weighted by atomic mass is 9.43. The standard InChI is InChI=1S/C25H31NO.C23H33N.C22H27NO.C18H21N.C17H20N2/c1-17-12-13-20-19-10-6-7-11-21(19)27-23(20)22(17)26-18(2)25(16-24(26,3)4)14-8-5-9-15-25;1-15-7-5-6-8-21(15)24-16(2)23(14-22(24,3)4)19-10-17-9-18(12-19)13-20(23)11-17;1-14-11-12-17-16-9-7-8-10-18(16)24-20(17)19(14)23-15(2)21(3,4)13-22(23,5)6;1-13-9-5-7-11-16(13)19-14(2)18(3,4)15-10-6-8-12-17(15)19;1-12-8-5-6-10-15(12)19-13(2)17(3,4)14-9-7-11-18-16(14)19/h6-7,10-13,18H,5,8-9,14-16H2,1-4H3;5-8,16-20H,9-14H2,1-4H3;7-12,15H,13H2,1-6H3;5-12,14H,1-4H3;5-11,13H,1-4H3/i16D2;14D2;3D3,13D2;;. The molecule has 6 atom stereocenters. The topological polar surface area (TPSA) is 55.4 Å². The number of aromatic nitrogens is 1. The van der Waals surface area contributed by atoms with E-state index in [0.29, 0.717) is 29.5 Å². The van der Waals surface area contributed by atoms with Crippen molar-refractivity contribution in [3.8, 4) is 0 Å². The highest BCUT2D eigenvalue weighted by Gasteiger charge is 2.66. The Labute approximate surface area is 691 Å². The smallest absolute Gasteiger partial charge is 0.158 e. The van der Waals surface area contributed by atoms with Gasteiger partial charge < -0.3 is 33.3 Å². The molecule has 3 saturated heterocycles. The van der Waals surface area contributed by atoms with Crippen molar-refractivity contribution in [1.29, 1.82) is 0 Å². The summed E-state index contributed by atoms with van der Waals surface area (Å²) in [6.07, 6.45) is 9.39. The molecule has 8 aromatic carbocycles. The monoisotopic (exact) mass is 1520 g/mol. The fourth-order valence-electron chi connectivity index (χ4n) is 23.8. The van der Waals surface area contributed by atoms with E-state index in [-0.39, 0.29) is 33.7 Å². The normalized spacial score (nSPS) is 30.6. The van der Waals surface area contributed by atoms with Crippen LogP contribution < -0.4 is 24.5 Å². The molecule has 10 aliphatic rings. The summed E-state index contributed by atoms with van der Waals surface area (Å²) in [7, 11) is 0. The molecular formula is C105H132N6O2. The van der Waals surface area contributed by atoms with Crippen molar-refractivity contribution < 1.29 is 21.2 Å². The van der Waals surface area contributed by atoms with Crippen LogP contribution in [0.25, 0.3) is 43.9 Å². The molecule has 8 heteroatoms. The fraction of sp³-hybridized carbons (Fsp3) is 0.495. The number of para-hydroxylation sites is 6. The minimum atomic E-state index is -2.46. The lowest BCUT2D eigenvalue weighted by Gasteiger charge is -2.62. The van der Waals surface area contributed by atoms with Crippen LogP contribution in [0.1, 0.15) is 252 Å². The van der Waals surface area contributed by atoms with Gasteiger partial charge in [0.25, 0.3) is 0 Å². The summed E-state index contributed by atoms with van der Waals surface area (Å²) in [6.45, 7) is 42.1.